The van der Waals surface area contributed by atoms with Crippen LogP contribution in [0.5, 0.6) is 5.75 Å². The number of nitrogens with zero attached hydrogens (tertiary/aromatic N) is 2. The van der Waals surface area contributed by atoms with Crippen molar-refractivity contribution in [3.05, 3.63) is 36.2 Å². The first-order chi connectivity index (χ1) is 13.2. The zero-order valence-electron chi connectivity index (χ0n) is 16.6. The van der Waals surface area contributed by atoms with Crippen molar-refractivity contribution in [2.45, 2.75) is 51.2 Å². The van der Waals surface area contributed by atoms with Gasteiger partial charge < -0.3 is 20.7 Å². The van der Waals surface area contributed by atoms with Gasteiger partial charge >= 0.3 is 0 Å². The van der Waals surface area contributed by atoms with Crippen LogP contribution in [0.15, 0.2) is 30.6 Å². The molecular formula is C21H31N5O. The average Bonchev–Trinajstić information content (AvgIpc) is 2.73. The summed E-state index contributed by atoms with van der Waals surface area (Å²) in [7, 11) is 3.88. The molecule has 0 bridgehead atoms. The highest BCUT2D eigenvalue weighted by atomic mass is 16.5. The molecule has 27 heavy (non-hydrogen) atoms. The Morgan fingerprint density at radius 2 is 1.70 bits per heavy atom. The van der Waals surface area contributed by atoms with Crippen LogP contribution in [0.1, 0.15) is 38.2 Å². The number of hydrogen-bond acceptors (Lipinski definition) is 6. The predicted molar refractivity (Wildman–Crippen MR) is 110 cm³/mol. The Kier molecular flexibility index (Phi) is 7.01. The van der Waals surface area contributed by atoms with E-state index in [2.05, 4.69) is 51.2 Å². The van der Waals surface area contributed by atoms with Crippen molar-refractivity contribution in [3.8, 4) is 16.9 Å². The number of benzene rings is 1. The minimum absolute atomic E-state index is 0.575. The molecule has 1 saturated carbocycles. The summed E-state index contributed by atoms with van der Waals surface area (Å²) in [5.74, 6) is 1.58. The largest absolute Gasteiger partial charge is 0.494 e. The summed E-state index contributed by atoms with van der Waals surface area (Å²) in [4.78, 5) is 8.64. The van der Waals surface area contributed by atoms with Crippen molar-refractivity contribution < 1.29 is 4.74 Å². The van der Waals surface area contributed by atoms with E-state index in [0.717, 1.165) is 23.4 Å². The SMILES string of the molecule is CCOc1ccc(-c2cnc(NC)nc2)cc1CNC1CCC(NC)CC1. The summed E-state index contributed by atoms with van der Waals surface area (Å²) in [6.45, 7) is 3.50. The van der Waals surface area contributed by atoms with Gasteiger partial charge in [-0.05, 0) is 57.4 Å². The number of hydrogen-bond donors (Lipinski definition) is 3. The summed E-state index contributed by atoms with van der Waals surface area (Å²) < 4.78 is 5.85. The van der Waals surface area contributed by atoms with E-state index >= 15 is 0 Å². The van der Waals surface area contributed by atoms with Crippen LogP contribution in [-0.2, 0) is 6.54 Å². The molecule has 0 radical (unpaired) electrons. The number of aromatic nitrogens is 2. The monoisotopic (exact) mass is 369 g/mol. The minimum Gasteiger partial charge on any atom is -0.494 e. The van der Waals surface area contributed by atoms with Gasteiger partial charge in [0.1, 0.15) is 5.75 Å². The summed E-state index contributed by atoms with van der Waals surface area (Å²) in [5, 5.41) is 10.1. The summed E-state index contributed by atoms with van der Waals surface area (Å²) >= 11 is 0. The predicted octanol–water partition coefficient (Wildman–Crippen LogP) is 3.20. The summed E-state index contributed by atoms with van der Waals surface area (Å²) in [6.07, 6.45) is 8.61. The lowest BCUT2D eigenvalue weighted by molar-refractivity contribution is 0.310. The molecule has 2 aromatic rings. The highest BCUT2D eigenvalue weighted by Crippen LogP contribution is 2.27. The molecule has 0 atom stereocenters. The van der Waals surface area contributed by atoms with E-state index in [1.54, 1.807) is 0 Å². The lowest BCUT2D eigenvalue weighted by Crippen LogP contribution is -2.38. The highest BCUT2D eigenvalue weighted by Gasteiger charge is 2.20. The number of anilines is 1. The number of ether oxygens (including phenoxy) is 1. The molecule has 0 spiro atoms. The molecule has 1 heterocycles. The Labute approximate surface area is 162 Å². The first-order valence-electron chi connectivity index (χ1n) is 9.90. The Balaban J connectivity index is 1.71. The van der Waals surface area contributed by atoms with Gasteiger partial charge in [0, 0.05) is 49.2 Å². The van der Waals surface area contributed by atoms with Crippen LogP contribution in [0.25, 0.3) is 11.1 Å². The van der Waals surface area contributed by atoms with Crippen LogP contribution >= 0.6 is 0 Å². The maximum absolute atomic E-state index is 5.85. The molecular weight excluding hydrogens is 338 g/mol. The normalized spacial score (nSPS) is 19.7. The van der Waals surface area contributed by atoms with E-state index in [1.165, 1.54) is 31.2 Å². The van der Waals surface area contributed by atoms with E-state index < -0.39 is 0 Å². The average molecular weight is 370 g/mol. The van der Waals surface area contributed by atoms with Crippen LogP contribution in [0.4, 0.5) is 5.95 Å². The second kappa shape index (κ2) is 9.67. The molecule has 3 N–H and O–H groups in total. The maximum atomic E-state index is 5.85. The van der Waals surface area contributed by atoms with Gasteiger partial charge in [-0.1, -0.05) is 6.07 Å². The van der Waals surface area contributed by atoms with Gasteiger partial charge in [-0.2, -0.15) is 0 Å². The highest BCUT2D eigenvalue weighted by molar-refractivity contribution is 5.64. The summed E-state index contributed by atoms with van der Waals surface area (Å²) in [6, 6.07) is 7.57. The zero-order chi connectivity index (χ0) is 19.1. The molecule has 6 heteroatoms. The van der Waals surface area contributed by atoms with Crippen molar-refractivity contribution in [2.75, 3.05) is 26.0 Å². The summed E-state index contributed by atoms with van der Waals surface area (Å²) in [5.41, 5.74) is 3.30. The van der Waals surface area contributed by atoms with Crippen LogP contribution in [0.2, 0.25) is 0 Å². The van der Waals surface area contributed by atoms with Crippen molar-refractivity contribution in [1.82, 2.24) is 20.6 Å². The zero-order valence-corrected chi connectivity index (χ0v) is 16.6. The Bertz CT molecular complexity index is 711. The Hall–Kier alpha value is -2.18. The lowest BCUT2D eigenvalue weighted by atomic mass is 9.91. The van der Waals surface area contributed by atoms with Crippen LogP contribution < -0.4 is 20.7 Å². The standard InChI is InChI=1S/C21H31N5O/c1-4-27-20-10-5-15(17-13-25-21(23-3)26-14-17)11-16(20)12-24-19-8-6-18(22-2)7-9-19/h5,10-11,13-14,18-19,22,24H,4,6-9,12H2,1-3H3,(H,23,25,26). The fraction of sp³-hybridized carbons (Fsp3) is 0.524. The third-order valence-corrected chi connectivity index (χ3v) is 5.29. The van der Waals surface area contributed by atoms with E-state index in [-0.39, 0.29) is 0 Å². The van der Waals surface area contributed by atoms with Crippen LogP contribution in [-0.4, -0.2) is 42.8 Å². The smallest absolute Gasteiger partial charge is 0.222 e. The van der Waals surface area contributed by atoms with Gasteiger partial charge in [-0.25, -0.2) is 9.97 Å². The fourth-order valence-electron chi connectivity index (χ4n) is 3.64. The number of rotatable bonds is 8. The molecule has 1 fully saturated rings. The number of nitrogens with one attached hydrogen (secondary N) is 3. The van der Waals surface area contributed by atoms with Crippen LogP contribution in [0, 0.1) is 0 Å². The molecule has 6 nitrogen and oxygen atoms in total. The second-order valence-corrected chi connectivity index (χ2v) is 7.02. The minimum atomic E-state index is 0.575. The molecule has 1 aliphatic rings. The maximum Gasteiger partial charge on any atom is 0.222 e. The Morgan fingerprint density at radius 1 is 1.00 bits per heavy atom. The Morgan fingerprint density at radius 3 is 2.33 bits per heavy atom. The molecule has 146 valence electrons. The van der Waals surface area contributed by atoms with Gasteiger partial charge in [0.2, 0.25) is 5.95 Å². The quantitative estimate of drug-likeness (QED) is 0.664. The first kappa shape index (κ1) is 19.6. The fourth-order valence-corrected chi connectivity index (χ4v) is 3.64. The van der Waals surface area contributed by atoms with Crippen molar-refractivity contribution >= 4 is 5.95 Å². The van der Waals surface area contributed by atoms with E-state index in [1.807, 2.05) is 26.4 Å². The van der Waals surface area contributed by atoms with Gasteiger partial charge in [0.25, 0.3) is 0 Å². The van der Waals surface area contributed by atoms with Crippen molar-refractivity contribution in [1.29, 1.82) is 0 Å². The molecule has 3 rings (SSSR count). The van der Waals surface area contributed by atoms with Crippen LogP contribution in [0.3, 0.4) is 0 Å². The van der Waals surface area contributed by atoms with E-state index in [0.29, 0.717) is 24.6 Å². The van der Waals surface area contributed by atoms with Gasteiger partial charge in [-0.15, -0.1) is 0 Å². The van der Waals surface area contributed by atoms with Gasteiger partial charge in [0.15, 0.2) is 0 Å². The van der Waals surface area contributed by atoms with Crippen molar-refractivity contribution in [3.63, 3.8) is 0 Å². The van der Waals surface area contributed by atoms with E-state index in [4.69, 9.17) is 4.74 Å². The topological polar surface area (TPSA) is 71.1 Å². The second-order valence-electron chi connectivity index (χ2n) is 7.02. The molecule has 1 aromatic carbocycles. The third kappa shape index (κ3) is 5.17. The molecule has 0 amide bonds. The van der Waals surface area contributed by atoms with Gasteiger partial charge in [-0.3, -0.25) is 0 Å². The molecule has 0 unspecified atom stereocenters. The van der Waals surface area contributed by atoms with E-state index in [9.17, 15) is 0 Å². The third-order valence-electron chi connectivity index (χ3n) is 5.29. The lowest BCUT2D eigenvalue weighted by Gasteiger charge is -2.29. The molecule has 0 aliphatic heterocycles. The first-order valence-corrected chi connectivity index (χ1v) is 9.90. The molecule has 1 aromatic heterocycles. The van der Waals surface area contributed by atoms with Gasteiger partial charge in [0.05, 0.1) is 6.61 Å². The van der Waals surface area contributed by atoms with Crippen molar-refractivity contribution in [2.24, 2.45) is 0 Å². The molecule has 1 aliphatic carbocycles. The molecule has 0 saturated heterocycles.